The smallest absolute Gasteiger partial charge is 0.262 e. The molecule has 2 aromatic carbocycles. The summed E-state index contributed by atoms with van der Waals surface area (Å²) < 4.78 is 7.95. The van der Waals surface area contributed by atoms with Crippen molar-refractivity contribution in [3.8, 4) is 5.75 Å². The van der Waals surface area contributed by atoms with Gasteiger partial charge in [0.15, 0.2) is 5.82 Å². The van der Waals surface area contributed by atoms with Crippen LogP contribution in [0.15, 0.2) is 54.6 Å². The summed E-state index contributed by atoms with van der Waals surface area (Å²) in [7, 11) is 0. The van der Waals surface area contributed by atoms with Gasteiger partial charge in [0.25, 0.3) is 5.17 Å². The summed E-state index contributed by atoms with van der Waals surface area (Å²) in [6, 6.07) is 17.7. The molecule has 31 heavy (non-hydrogen) atoms. The van der Waals surface area contributed by atoms with Gasteiger partial charge in [0.05, 0.1) is 11.0 Å². The van der Waals surface area contributed by atoms with Gasteiger partial charge in [-0.3, -0.25) is 0 Å². The number of nitrogens with one attached hydrogen (secondary N) is 1. The Morgan fingerprint density at radius 2 is 1.84 bits per heavy atom. The normalized spacial score (nSPS) is 11.1. The standard InChI is InChI=1S/C24H27N5OS/c1-2-3-14-20-28-21-22(18-12-7-8-13-19(18)27-23(21)25)29(20)16-9-15-26-24(31)30-17-10-5-4-6-11-17/h4-8,10-13H,2-3,9,14-16H2,1H3,(H2,25,27)(H,26,31). The van der Waals surface area contributed by atoms with Crippen molar-refractivity contribution < 1.29 is 4.74 Å². The molecule has 0 fully saturated rings. The summed E-state index contributed by atoms with van der Waals surface area (Å²) in [5.41, 5.74) is 9.02. The summed E-state index contributed by atoms with van der Waals surface area (Å²) >= 11 is 5.31. The maximum Gasteiger partial charge on any atom is 0.262 e. The maximum absolute atomic E-state index is 6.27. The Kier molecular flexibility index (Phi) is 6.62. The second-order valence-corrected chi connectivity index (χ2v) is 7.85. The van der Waals surface area contributed by atoms with Gasteiger partial charge in [-0.25, -0.2) is 9.97 Å². The summed E-state index contributed by atoms with van der Waals surface area (Å²) in [5, 5.41) is 4.65. The molecule has 2 aromatic heterocycles. The number of para-hydroxylation sites is 2. The van der Waals surface area contributed by atoms with Crippen LogP contribution in [0.2, 0.25) is 0 Å². The number of nitrogens with zero attached hydrogens (tertiary/aromatic N) is 3. The molecule has 0 unspecified atom stereocenters. The molecule has 0 bridgehead atoms. The second kappa shape index (κ2) is 9.75. The van der Waals surface area contributed by atoms with Crippen molar-refractivity contribution >= 4 is 45.1 Å². The molecule has 0 amide bonds. The number of benzene rings is 2. The third-order valence-electron chi connectivity index (χ3n) is 5.22. The number of hydrogen-bond donors (Lipinski definition) is 2. The van der Waals surface area contributed by atoms with E-state index < -0.39 is 0 Å². The fourth-order valence-electron chi connectivity index (χ4n) is 3.73. The molecule has 0 atom stereocenters. The van der Waals surface area contributed by atoms with E-state index in [4.69, 9.17) is 27.7 Å². The second-order valence-electron chi connectivity index (χ2n) is 7.48. The highest BCUT2D eigenvalue weighted by Crippen LogP contribution is 2.29. The lowest BCUT2D eigenvalue weighted by Crippen LogP contribution is -2.28. The van der Waals surface area contributed by atoms with Crippen LogP contribution >= 0.6 is 12.2 Å². The molecule has 0 radical (unpaired) electrons. The zero-order valence-corrected chi connectivity index (χ0v) is 18.5. The minimum atomic E-state index is 0.381. The van der Waals surface area contributed by atoms with Crippen molar-refractivity contribution in [3.63, 3.8) is 0 Å². The van der Waals surface area contributed by atoms with E-state index in [1.165, 1.54) is 0 Å². The summed E-state index contributed by atoms with van der Waals surface area (Å²) in [5.74, 6) is 2.28. The number of anilines is 1. The number of hydrogen-bond acceptors (Lipinski definition) is 5. The number of nitrogen functional groups attached to an aromatic ring is 1. The van der Waals surface area contributed by atoms with Crippen LogP contribution in [0.3, 0.4) is 0 Å². The average Bonchev–Trinajstić information content (AvgIpc) is 3.15. The van der Waals surface area contributed by atoms with Gasteiger partial charge >= 0.3 is 0 Å². The van der Waals surface area contributed by atoms with Crippen LogP contribution in [0.1, 0.15) is 32.0 Å². The molecule has 0 aliphatic carbocycles. The third kappa shape index (κ3) is 4.77. The van der Waals surface area contributed by atoms with Gasteiger partial charge in [0, 0.05) is 24.9 Å². The van der Waals surface area contributed by atoms with Gasteiger partial charge in [-0.2, -0.15) is 0 Å². The average molecular weight is 434 g/mol. The fourth-order valence-corrected chi connectivity index (χ4v) is 3.93. The Morgan fingerprint density at radius 1 is 1.06 bits per heavy atom. The molecule has 4 rings (SSSR count). The quantitative estimate of drug-likeness (QED) is 0.305. The lowest BCUT2D eigenvalue weighted by molar-refractivity contribution is 0.521. The van der Waals surface area contributed by atoms with Gasteiger partial charge in [-0.05, 0) is 43.3 Å². The minimum Gasteiger partial charge on any atom is -0.432 e. The predicted octanol–water partition coefficient (Wildman–Crippen LogP) is 4.85. The highest BCUT2D eigenvalue weighted by Gasteiger charge is 2.16. The van der Waals surface area contributed by atoms with E-state index in [1.54, 1.807) is 0 Å². The number of imidazole rings is 1. The number of ether oxygens (including phenoxy) is 1. The zero-order valence-electron chi connectivity index (χ0n) is 17.7. The van der Waals surface area contributed by atoms with Crippen molar-refractivity contribution in [2.24, 2.45) is 0 Å². The van der Waals surface area contributed by atoms with E-state index in [-0.39, 0.29) is 0 Å². The van der Waals surface area contributed by atoms with E-state index in [0.717, 1.165) is 65.7 Å². The fraction of sp³-hybridized carbons (Fsp3) is 0.292. The number of aromatic nitrogens is 3. The van der Waals surface area contributed by atoms with Gasteiger partial charge in [-0.1, -0.05) is 49.7 Å². The molecule has 4 aromatic rings. The van der Waals surface area contributed by atoms with Gasteiger partial charge < -0.3 is 20.4 Å². The number of nitrogens with two attached hydrogens (primary N) is 1. The molecular weight excluding hydrogens is 406 g/mol. The van der Waals surface area contributed by atoms with Gasteiger partial charge in [0.2, 0.25) is 0 Å². The third-order valence-corrected chi connectivity index (χ3v) is 5.45. The maximum atomic E-state index is 6.27. The van der Waals surface area contributed by atoms with E-state index in [2.05, 4.69) is 27.9 Å². The highest BCUT2D eigenvalue weighted by atomic mass is 32.1. The van der Waals surface area contributed by atoms with E-state index in [9.17, 15) is 0 Å². The Morgan fingerprint density at radius 3 is 2.65 bits per heavy atom. The molecular formula is C24H27N5OS. The van der Waals surface area contributed by atoms with Crippen LogP contribution in [-0.2, 0) is 13.0 Å². The monoisotopic (exact) mass is 433 g/mol. The van der Waals surface area contributed by atoms with E-state index in [0.29, 0.717) is 17.5 Å². The van der Waals surface area contributed by atoms with E-state index in [1.807, 2.05) is 48.5 Å². The lowest BCUT2D eigenvalue weighted by Gasteiger charge is -2.12. The largest absolute Gasteiger partial charge is 0.432 e. The summed E-state index contributed by atoms with van der Waals surface area (Å²) in [6.45, 7) is 3.71. The number of fused-ring (bicyclic) bond motifs is 3. The predicted molar refractivity (Wildman–Crippen MR) is 130 cm³/mol. The molecule has 0 aliphatic rings. The molecule has 6 nitrogen and oxygen atoms in total. The van der Waals surface area contributed by atoms with Crippen LogP contribution in [0.5, 0.6) is 5.75 Å². The number of aryl methyl sites for hydroxylation is 2. The molecule has 2 heterocycles. The van der Waals surface area contributed by atoms with Gasteiger partial charge in [-0.15, -0.1) is 0 Å². The van der Waals surface area contributed by atoms with E-state index >= 15 is 0 Å². The molecule has 0 saturated heterocycles. The Balaban J connectivity index is 1.52. The molecule has 7 heteroatoms. The van der Waals surface area contributed by atoms with Crippen LogP contribution < -0.4 is 15.8 Å². The summed E-state index contributed by atoms with van der Waals surface area (Å²) in [6.07, 6.45) is 3.99. The molecule has 3 N–H and O–H groups in total. The minimum absolute atomic E-state index is 0.381. The molecule has 0 saturated carbocycles. The number of pyridine rings is 1. The number of unbranched alkanes of at least 4 members (excludes halogenated alkanes) is 1. The van der Waals surface area contributed by atoms with Crippen LogP contribution in [0.4, 0.5) is 5.82 Å². The molecule has 0 spiro atoms. The molecule has 0 aliphatic heterocycles. The Bertz CT molecular complexity index is 1190. The number of rotatable bonds is 8. The highest BCUT2D eigenvalue weighted by molar-refractivity contribution is 7.80. The lowest BCUT2D eigenvalue weighted by atomic mass is 10.2. The van der Waals surface area contributed by atoms with Gasteiger partial charge in [0.1, 0.15) is 17.1 Å². The van der Waals surface area contributed by atoms with Crippen molar-refractivity contribution in [2.75, 3.05) is 12.3 Å². The first-order valence-corrected chi connectivity index (χ1v) is 11.1. The van der Waals surface area contributed by atoms with Crippen LogP contribution in [0, 0.1) is 0 Å². The van der Waals surface area contributed by atoms with Crippen LogP contribution in [-0.4, -0.2) is 26.3 Å². The summed E-state index contributed by atoms with van der Waals surface area (Å²) in [4.78, 5) is 9.43. The molecule has 160 valence electrons. The Labute approximate surface area is 187 Å². The Hall–Kier alpha value is -3.19. The first-order valence-electron chi connectivity index (χ1n) is 10.7. The first-order chi connectivity index (χ1) is 15.2. The van der Waals surface area contributed by atoms with Crippen molar-refractivity contribution in [3.05, 3.63) is 60.4 Å². The van der Waals surface area contributed by atoms with Crippen molar-refractivity contribution in [2.45, 2.75) is 39.2 Å². The van der Waals surface area contributed by atoms with Crippen molar-refractivity contribution in [1.82, 2.24) is 19.9 Å². The topological polar surface area (TPSA) is 78.0 Å². The van der Waals surface area contributed by atoms with Crippen molar-refractivity contribution in [1.29, 1.82) is 0 Å². The van der Waals surface area contributed by atoms with Crippen LogP contribution in [0.25, 0.3) is 21.9 Å². The zero-order chi connectivity index (χ0) is 21.6. The first kappa shape index (κ1) is 21.1. The number of thiocarbonyl (C=S) groups is 1. The SMILES string of the molecule is CCCCc1nc2c(N)nc3ccccc3c2n1CCCNC(=S)Oc1ccccc1.